The van der Waals surface area contributed by atoms with Crippen LogP contribution in [-0.4, -0.2) is 24.0 Å². The van der Waals surface area contributed by atoms with Crippen LogP contribution in [-0.2, 0) is 10.0 Å². The van der Waals surface area contributed by atoms with E-state index >= 15 is 0 Å². The van der Waals surface area contributed by atoms with Gasteiger partial charge in [-0.05, 0) is 55.5 Å². The maximum Gasteiger partial charge on any atom is 0.333 e. The molecule has 0 aliphatic heterocycles. The number of nitrogens with zero attached hydrogens (tertiary/aromatic N) is 1. The Morgan fingerprint density at radius 3 is 2.55 bits per heavy atom. The number of aromatic nitrogens is 2. The third-order valence-electron chi connectivity index (χ3n) is 4.54. The molecule has 0 saturated heterocycles. The summed E-state index contributed by atoms with van der Waals surface area (Å²) in [5.41, 5.74) is -1.76. The number of hydrogen-bond donors (Lipinski definition) is 4. The Kier molecular flexibility index (Phi) is 5.86. The zero-order valence-corrected chi connectivity index (χ0v) is 19.3. The van der Waals surface area contributed by atoms with E-state index < -0.39 is 33.1 Å². The standard InChI is InChI=1S/C20H15FN4O5S3/c1-10-2-7-17(32-10)33(29,30)24-19(27)22-11-3-6-16(14(21)8-11)25-18(26)13-9-12(31)4-5-15(13)23-20(25)28/h2-9,31H,1H3,(H,23,28)(H2,22,24,27). The van der Waals surface area contributed by atoms with Gasteiger partial charge in [-0.3, -0.25) is 4.79 Å². The number of carbonyl (C=O) groups excluding carboxylic acids is 1. The quantitative estimate of drug-likeness (QED) is 0.316. The first-order valence-electron chi connectivity index (χ1n) is 9.23. The molecule has 4 aromatic rings. The number of halogens is 1. The van der Waals surface area contributed by atoms with E-state index in [0.717, 1.165) is 28.3 Å². The van der Waals surface area contributed by atoms with Crippen LogP contribution in [0.1, 0.15) is 4.88 Å². The number of anilines is 1. The first kappa shape index (κ1) is 22.8. The maximum absolute atomic E-state index is 14.8. The summed E-state index contributed by atoms with van der Waals surface area (Å²) >= 11 is 5.16. The molecule has 2 heterocycles. The SMILES string of the molecule is Cc1ccc(S(=O)(=O)NC(=O)Nc2ccc(-n3c(=O)[nH]c4ccc(S)cc4c3=O)c(F)c2)s1. The van der Waals surface area contributed by atoms with Gasteiger partial charge in [-0.1, -0.05) is 0 Å². The Labute approximate surface area is 195 Å². The normalized spacial score (nSPS) is 11.5. The zero-order chi connectivity index (χ0) is 23.9. The van der Waals surface area contributed by atoms with Gasteiger partial charge < -0.3 is 10.3 Å². The van der Waals surface area contributed by atoms with Gasteiger partial charge in [-0.15, -0.1) is 24.0 Å². The average Bonchev–Trinajstić information content (AvgIpc) is 3.17. The molecule has 4 rings (SSSR count). The number of nitrogens with one attached hydrogen (secondary N) is 3. The Bertz CT molecular complexity index is 1640. The number of sulfonamides is 1. The second-order valence-electron chi connectivity index (χ2n) is 6.89. The summed E-state index contributed by atoms with van der Waals surface area (Å²) in [6.07, 6.45) is 0. The van der Waals surface area contributed by atoms with Crippen LogP contribution in [0.3, 0.4) is 0 Å². The smallest absolute Gasteiger partial charge is 0.307 e. The Hall–Kier alpha value is -3.42. The van der Waals surface area contributed by atoms with Crippen LogP contribution < -0.4 is 21.3 Å². The highest BCUT2D eigenvalue weighted by molar-refractivity contribution is 7.92. The molecule has 0 aliphatic rings. The molecule has 0 fully saturated rings. The van der Waals surface area contributed by atoms with E-state index in [1.807, 2.05) is 4.72 Å². The molecule has 3 N–H and O–H groups in total. The molecule has 33 heavy (non-hydrogen) atoms. The third-order valence-corrected chi connectivity index (χ3v) is 7.64. The summed E-state index contributed by atoms with van der Waals surface area (Å²) in [5, 5.41) is 2.35. The van der Waals surface area contributed by atoms with Crippen molar-refractivity contribution >= 4 is 56.6 Å². The topological polar surface area (TPSA) is 130 Å². The minimum Gasteiger partial charge on any atom is -0.307 e. The number of benzene rings is 2. The molecular weight excluding hydrogens is 491 g/mol. The minimum absolute atomic E-state index is 0.0454. The first-order chi connectivity index (χ1) is 15.5. The number of aryl methyl sites for hydroxylation is 1. The van der Waals surface area contributed by atoms with E-state index in [-0.39, 0.29) is 26.5 Å². The number of rotatable bonds is 4. The second kappa shape index (κ2) is 8.50. The molecule has 0 radical (unpaired) electrons. The van der Waals surface area contributed by atoms with E-state index in [9.17, 15) is 27.2 Å². The molecule has 0 aliphatic carbocycles. The van der Waals surface area contributed by atoms with Crippen molar-refractivity contribution in [3.05, 3.63) is 80.1 Å². The lowest BCUT2D eigenvalue weighted by atomic mass is 10.2. The molecule has 0 spiro atoms. The molecule has 2 aromatic heterocycles. The van der Waals surface area contributed by atoms with Crippen molar-refractivity contribution < 1.29 is 17.6 Å². The van der Waals surface area contributed by atoms with Gasteiger partial charge in [0.05, 0.1) is 16.6 Å². The fourth-order valence-electron chi connectivity index (χ4n) is 3.07. The highest BCUT2D eigenvalue weighted by atomic mass is 32.2. The van der Waals surface area contributed by atoms with Gasteiger partial charge in [-0.25, -0.2) is 31.7 Å². The van der Waals surface area contributed by atoms with Crippen LogP contribution >= 0.6 is 24.0 Å². The number of H-pyrrole nitrogens is 1. The summed E-state index contributed by atoms with van der Waals surface area (Å²) < 4.78 is 41.7. The fourth-order valence-corrected chi connectivity index (χ4v) is 5.47. The summed E-state index contributed by atoms with van der Waals surface area (Å²) in [6.45, 7) is 1.72. The lowest BCUT2D eigenvalue weighted by Gasteiger charge is -2.11. The Morgan fingerprint density at radius 1 is 1.12 bits per heavy atom. The highest BCUT2D eigenvalue weighted by Crippen LogP contribution is 2.21. The highest BCUT2D eigenvalue weighted by Gasteiger charge is 2.20. The van der Waals surface area contributed by atoms with E-state index in [2.05, 4.69) is 22.9 Å². The van der Waals surface area contributed by atoms with Crippen LogP contribution in [0.15, 0.2) is 67.2 Å². The number of amides is 2. The molecular formula is C20H15FN4O5S3. The minimum atomic E-state index is -4.09. The summed E-state index contributed by atoms with van der Waals surface area (Å²) in [6, 6.07) is 9.62. The predicted molar refractivity (Wildman–Crippen MR) is 126 cm³/mol. The molecule has 0 unspecified atom stereocenters. The number of thiophene rings is 1. The van der Waals surface area contributed by atoms with Crippen molar-refractivity contribution in [1.29, 1.82) is 0 Å². The van der Waals surface area contributed by atoms with Crippen molar-refractivity contribution in [3.8, 4) is 5.69 Å². The van der Waals surface area contributed by atoms with E-state index in [1.54, 1.807) is 19.1 Å². The molecule has 2 amide bonds. The van der Waals surface area contributed by atoms with Crippen molar-refractivity contribution in [2.24, 2.45) is 0 Å². The van der Waals surface area contributed by atoms with Crippen molar-refractivity contribution in [1.82, 2.24) is 14.3 Å². The van der Waals surface area contributed by atoms with Crippen molar-refractivity contribution in [2.75, 3.05) is 5.32 Å². The number of hydrogen-bond acceptors (Lipinski definition) is 7. The number of thiol groups is 1. The molecule has 0 bridgehead atoms. The van der Waals surface area contributed by atoms with Gasteiger partial charge in [0, 0.05) is 15.5 Å². The number of carbonyl (C=O) groups is 1. The molecule has 9 nitrogen and oxygen atoms in total. The van der Waals surface area contributed by atoms with E-state index in [1.165, 1.54) is 24.3 Å². The predicted octanol–water partition coefficient (Wildman–Crippen LogP) is 2.99. The number of urea groups is 1. The van der Waals surface area contributed by atoms with Crippen LogP contribution in [0.4, 0.5) is 14.9 Å². The number of fused-ring (bicyclic) bond motifs is 1. The summed E-state index contributed by atoms with van der Waals surface area (Å²) in [5.74, 6) is -0.987. The van der Waals surface area contributed by atoms with Crippen molar-refractivity contribution in [3.63, 3.8) is 0 Å². The van der Waals surface area contributed by atoms with E-state index in [0.29, 0.717) is 9.46 Å². The molecule has 170 valence electrons. The Balaban J connectivity index is 1.62. The molecule has 13 heteroatoms. The Morgan fingerprint density at radius 2 is 1.88 bits per heavy atom. The molecule has 0 saturated carbocycles. The largest absolute Gasteiger partial charge is 0.333 e. The monoisotopic (exact) mass is 506 g/mol. The number of aromatic amines is 1. The van der Waals surface area contributed by atoms with Gasteiger partial charge in [-0.2, -0.15) is 0 Å². The lowest BCUT2D eigenvalue weighted by Crippen LogP contribution is -2.35. The lowest BCUT2D eigenvalue weighted by molar-refractivity contribution is 0.256. The van der Waals surface area contributed by atoms with Crippen molar-refractivity contribution in [2.45, 2.75) is 16.0 Å². The van der Waals surface area contributed by atoms with Gasteiger partial charge in [0.2, 0.25) is 0 Å². The van der Waals surface area contributed by atoms with Gasteiger partial charge in [0.1, 0.15) is 10.0 Å². The van der Waals surface area contributed by atoms with Crippen LogP contribution in [0.25, 0.3) is 16.6 Å². The second-order valence-corrected chi connectivity index (χ2v) is 10.6. The van der Waals surface area contributed by atoms with Gasteiger partial charge in [0.15, 0.2) is 0 Å². The van der Waals surface area contributed by atoms with Crippen LogP contribution in [0.5, 0.6) is 0 Å². The van der Waals surface area contributed by atoms with Gasteiger partial charge in [0.25, 0.3) is 15.6 Å². The summed E-state index contributed by atoms with van der Waals surface area (Å²) in [7, 11) is -4.09. The van der Waals surface area contributed by atoms with Crippen LogP contribution in [0.2, 0.25) is 0 Å². The zero-order valence-electron chi connectivity index (χ0n) is 16.7. The average molecular weight is 507 g/mol. The fraction of sp³-hybridized carbons (Fsp3) is 0.0500. The molecule has 0 atom stereocenters. The maximum atomic E-state index is 14.8. The molecule has 2 aromatic carbocycles. The summed E-state index contributed by atoms with van der Waals surface area (Å²) in [4.78, 5) is 41.1. The third kappa shape index (κ3) is 4.55. The van der Waals surface area contributed by atoms with E-state index in [4.69, 9.17) is 0 Å². The van der Waals surface area contributed by atoms with Gasteiger partial charge >= 0.3 is 11.7 Å². The van der Waals surface area contributed by atoms with Crippen LogP contribution in [0, 0.1) is 12.7 Å². The first-order valence-corrected chi connectivity index (χ1v) is 12.0.